The van der Waals surface area contributed by atoms with Gasteiger partial charge < -0.3 is 4.74 Å². The summed E-state index contributed by atoms with van der Waals surface area (Å²) in [6.07, 6.45) is 0. The maximum absolute atomic E-state index is 12.3. The molecule has 0 aliphatic heterocycles. The van der Waals surface area contributed by atoms with Crippen LogP contribution in [0.15, 0.2) is 52.5 Å². The van der Waals surface area contributed by atoms with Gasteiger partial charge in [0.25, 0.3) is 15.7 Å². The molecule has 0 fully saturated rings. The number of rotatable bonds is 6. The number of nitro groups is 1. The minimum absolute atomic E-state index is 0.230. The van der Waals surface area contributed by atoms with Crippen LogP contribution < -0.4 is 9.57 Å². The highest BCUT2D eigenvalue weighted by molar-refractivity contribution is 7.89. The molecule has 0 saturated carbocycles. The summed E-state index contributed by atoms with van der Waals surface area (Å²) in [6.45, 7) is 3.17. The van der Waals surface area contributed by atoms with Crippen molar-refractivity contribution < 1.29 is 18.1 Å². The lowest BCUT2D eigenvalue weighted by Gasteiger charge is -2.07. The largest absolute Gasteiger partial charge is 0.497 e. The molecule has 0 aromatic heterocycles. The summed E-state index contributed by atoms with van der Waals surface area (Å²) < 4.78 is 29.7. The van der Waals surface area contributed by atoms with Crippen molar-refractivity contribution in [2.75, 3.05) is 7.11 Å². The molecule has 2 rings (SSSR count). The number of benzene rings is 2. The molecular formula is C16H17N3O5S. The number of methoxy groups -OCH3 is 1. The van der Waals surface area contributed by atoms with Crippen molar-refractivity contribution in [2.24, 2.45) is 5.10 Å². The molecule has 0 unspecified atom stereocenters. The first-order valence-electron chi connectivity index (χ1n) is 7.20. The lowest BCUT2D eigenvalue weighted by atomic mass is 10.1. The number of ether oxygens (including phenoxy) is 1. The zero-order chi connectivity index (χ0) is 18.6. The summed E-state index contributed by atoms with van der Waals surface area (Å²) in [7, 11) is -2.50. The zero-order valence-corrected chi connectivity index (χ0v) is 14.7. The quantitative estimate of drug-likeness (QED) is 0.482. The SMILES string of the molecule is COc1cccc(/C(C)=N\NS(=O)(=O)c2ccc(C)c([N+](=O)[O-])c2)c1. The molecule has 0 spiro atoms. The van der Waals surface area contributed by atoms with E-state index >= 15 is 0 Å². The Morgan fingerprint density at radius 2 is 1.96 bits per heavy atom. The van der Waals surface area contributed by atoms with Gasteiger partial charge in [-0.1, -0.05) is 18.2 Å². The standard InChI is InChI=1S/C16H17N3O5S/c1-11-7-8-15(10-16(11)19(20)21)25(22,23)18-17-12(2)13-5-4-6-14(9-13)24-3/h4-10,18H,1-3H3/b17-12-. The molecule has 0 saturated heterocycles. The Balaban J connectivity index is 2.29. The highest BCUT2D eigenvalue weighted by atomic mass is 32.2. The Bertz CT molecular complexity index is 939. The van der Waals surface area contributed by atoms with Gasteiger partial charge in [-0.25, -0.2) is 0 Å². The van der Waals surface area contributed by atoms with E-state index in [1.165, 1.54) is 26.2 Å². The van der Waals surface area contributed by atoms with Gasteiger partial charge in [-0.3, -0.25) is 10.1 Å². The molecule has 0 atom stereocenters. The van der Waals surface area contributed by atoms with Crippen molar-refractivity contribution in [1.29, 1.82) is 0 Å². The van der Waals surface area contributed by atoms with Crippen molar-refractivity contribution in [3.63, 3.8) is 0 Å². The van der Waals surface area contributed by atoms with Gasteiger partial charge in [-0.05, 0) is 32.0 Å². The fraction of sp³-hybridized carbons (Fsp3) is 0.188. The summed E-state index contributed by atoms with van der Waals surface area (Å²) in [5, 5.41) is 14.8. The van der Waals surface area contributed by atoms with Crippen LogP contribution in [0.1, 0.15) is 18.1 Å². The lowest BCUT2D eigenvalue weighted by Crippen LogP contribution is -2.20. The molecule has 0 bridgehead atoms. The Labute approximate surface area is 145 Å². The topological polar surface area (TPSA) is 111 Å². The average Bonchev–Trinajstić information content (AvgIpc) is 2.59. The van der Waals surface area contributed by atoms with Crippen LogP contribution in [0.4, 0.5) is 5.69 Å². The number of hydrogen-bond acceptors (Lipinski definition) is 6. The van der Waals surface area contributed by atoms with Gasteiger partial charge in [0.2, 0.25) is 0 Å². The molecule has 0 amide bonds. The number of nitro benzene ring substituents is 1. The summed E-state index contributed by atoms with van der Waals surface area (Å²) >= 11 is 0. The molecule has 0 aliphatic rings. The summed E-state index contributed by atoms with van der Waals surface area (Å²) in [5.74, 6) is 0.615. The Hall–Kier alpha value is -2.94. The minimum Gasteiger partial charge on any atom is -0.497 e. The first kappa shape index (κ1) is 18.4. The monoisotopic (exact) mass is 363 g/mol. The number of nitrogens with zero attached hydrogens (tertiary/aromatic N) is 2. The van der Waals surface area contributed by atoms with E-state index in [0.29, 0.717) is 22.6 Å². The molecule has 0 heterocycles. The predicted molar refractivity (Wildman–Crippen MR) is 93.4 cm³/mol. The minimum atomic E-state index is -4.03. The van der Waals surface area contributed by atoms with Gasteiger partial charge in [0.1, 0.15) is 5.75 Å². The third-order valence-electron chi connectivity index (χ3n) is 3.51. The Morgan fingerprint density at radius 3 is 2.60 bits per heavy atom. The fourth-order valence-electron chi connectivity index (χ4n) is 2.05. The number of aryl methyl sites for hydroxylation is 1. The predicted octanol–water partition coefficient (Wildman–Crippen LogP) is 2.61. The van der Waals surface area contributed by atoms with E-state index in [-0.39, 0.29) is 10.6 Å². The van der Waals surface area contributed by atoms with Crippen LogP contribution in [0.25, 0.3) is 0 Å². The molecule has 25 heavy (non-hydrogen) atoms. The lowest BCUT2D eigenvalue weighted by molar-refractivity contribution is -0.385. The van der Waals surface area contributed by atoms with Crippen LogP contribution in [-0.2, 0) is 10.0 Å². The van der Waals surface area contributed by atoms with E-state index in [9.17, 15) is 18.5 Å². The number of sulfonamides is 1. The van der Waals surface area contributed by atoms with Gasteiger partial charge >= 0.3 is 0 Å². The van der Waals surface area contributed by atoms with Crippen molar-refractivity contribution in [1.82, 2.24) is 4.83 Å². The van der Waals surface area contributed by atoms with Crippen LogP contribution in [0.5, 0.6) is 5.75 Å². The van der Waals surface area contributed by atoms with E-state index in [2.05, 4.69) is 9.93 Å². The normalized spacial score (nSPS) is 11.9. The van der Waals surface area contributed by atoms with Gasteiger partial charge in [-0.15, -0.1) is 0 Å². The summed E-state index contributed by atoms with van der Waals surface area (Å²) in [6, 6.07) is 10.7. The number of hydrazone groups is 1. The highest BCUT2D eigenvalue weighted by Crippen LogP contribution is 2.22. The molecule has 132 valence electrons. The van der Waals surface area contributed by atoms with Crippen LogP contribution in [0.3, 0.4) is 0 Å². The van der Waals surface area contributed by atoms with Crippen LogP contribution in [-0.4, -0.2) is 26.2 Å². The number of nitrogens with one attached hydrogen (secondary N) is 1. The van der Waals surface area contributed by atoms with Gasteiger partial charge in [0, 0.05) is 17.2 Å². The van der Waals surface area contributed by atoms with Gasteiger partial charge in [0.05, 0.1) is 22.6 Å². The first-order chi connectivity index (χ1) is 11.7. The molecule has 0 radical (unpaired) electrons. The van der Waals surface area contributed by atoms with E-state index in [1.54, 1.807) is 31.2 Å². The van der Waals surface area contributed by atoms with E-state index in [0.717, 1.165) is 6.07 Å². The Kier molecular flexibility index (Phi) is 5.38. The van der Waals surface area contributed by atoms with E-state index in [1.807, 2.05) is 0 Å². The van der Waals surface area contributed by atoms with Crippen molar-refractivity contribution in [3.8, 4) is 5.75 Å². The molecule has 2 aromatic rings. The number of hydrogen-bond donors (Lipinski definition) is 1. The second-order valence-corrected chi connectivity index (χ2v) is 6.89. The molecule has 0 aliphatic carbocycles. The van der Waals surface area contributed by atoms with Crippen LogP contribution in [0, 0.1) is 17.0 Å². The van der Waals surface area contributed by atoms with Gasteiger partial charge in [0.15, 0.2) is 0 Å². The third kappa shape index (κ3) is 4.32. The van der Waals surface area contributed by atoms with Crippen molar-refractivity contribution in [2.45, 2.75) is 18.7 Å². The third-order valence-corrected chi connectivity index (χ3v) is 4.71. The molecule has 1 N–H and O–H groups in total. The summed E-state index contributed by atoms with van der Waals surface area (Å²) in [4.78, 5) is 12.2. The Morgan fingerprint density at radius 1 is 1.24 bits per heavy atom. The summed E-state index contributed by atoms with van der Waals surface area (Å²) in [5.41, 5.74) is 1.21. The van der Waals surface area contributed by atoms with Gasteiger partial charge in [-0.2, -0.15) is 18.4 Å². The molecular weight excluding hydrogens is 346 g/mol. The molecule has 9 heteroatoms. The van der Waals surface area contributed by atoms with Crippen LogP contribution in [0.2, 0.25) is 0 Å². The second-order valence-electron chi connectivity index (χ2n) is 5.23. The van der Waals surface area contributed by atoms with Crippen molar-refractivity contribution in [3.05, 3.63) is 63.7 Å². The maximum Gasteiger partial charge on any atom is 0.276 e. The van der Waals surface area contributed by atoms with Crippen molar-refractivity contribution >= 4 is 21.4 Å². The highest BCUT2D eigenvalue weighted by Gasteiger charge is 2.19. The average molecular weight is 363 g/mol. The molecule has 8 nitrogen and oxygen atoms in total. The van der Waals surface area contributed by atoms with Crippen LogP contribution >= 0.6 is 0 Å². The fourth-order valence-corrected chi connectivity index (χ4v) is 2.92. The zero-order valence-electron chi connectivity index (χ0n) is 13.9. The second kappa shape index (κ2) is 7.31. The maximum atomic E-state index is 12.3. The first-order valence-corrected chi connectivity index (χ1v) is 8.68. The molecule has 2 aromatic carbocycles. The van der Waals surface area contributed by atoms with E-state index in [4.69, 9.17) is 4.74 Å². The smallest absolute Gasteiger partial charge is 0.276 e. The van der Waals surface area contributed by atoms with E-state index < -0.39 is 14.9 Å².